The number of aliphatic hydroxyl groups is 1. The molecule has 4 heteroatoms. The molecule has 98 valence electrons. The van der Waals surface area contributed by atoms with Gasteiger partial charge in [-0.3, -0.25) is 9.78 Å². The molecule has 1 atom stereocenters. The van der Waals surface area contributed by atoms with Crippen LogP contribution in [0.1, 0.15) is 41.7 Å². The van der Waals surface area contributed by atoms with Crippen molar-refractivity contribution in [3.05, 3.63) is 29.6 Å². The van der Waals surface area contributed by atoms with Crippen molar-refractivity contribution in [1.82, 2.24) is 9.88 Å². The summed E-state index contributed by atoms with van der Waals surface area (Å²) in [5, 5.41) is 9.43. The molecular weight excluding hydrogens is 228 g/mol. The third-order valence-corrected chi connectivity index (χ3v) is 3.49. The maximum atomic E-state index is 12.5. The normalized spacial score (nSPS) is 20.6. The lowest BCUT2D eigenvalue weighted by Crippen LogP contribution is -2.42. The highest BCUT2D eigenvalue weighted by Gasteiger charge is 2.25. The predicted octanol–water partition coefficient (Wildman–Crippen LogP) is 1.77. The molecule has 1 fully saturated rings. The highest BCUT2D eigenvalue weighted by molar-refractivity contribution is 5.94. The molecule has 18 heavy (non-hydrogen) atoms. The van der Waals surface area contributed by atoms with E-state index in [1.54, 1.807) is 12.3 Å². The van der Waals surface area contributed by atoms with Crippen molar-refractivity contribution in [2.75, 3.05) is 13.2 Å². The summed E-state index contributed by atoms with van der Waals surface area (Å²) in [6.45, 7) is 2.67. The number of rotatable bonds is 2. The number of hydrogen-bond acceptors (Lipinski definition) is 3. The number of nitrogens with zero attached hydrogens (tertiary/aromatic N) is 2. The topological polar surface area (TPSA) is 53.4 Å². The minimum atomic E-state index is -0.0338. The molecular formula is C14H20N2O2. The van der Waals surface area contributed by atoms with Crippen LogP contribution in [0.3, 0.4) is 0 Å². The van der Waals surface area contributed by atoms with Gasteiger partial charge in [-0.2, -0.15) is 0 Å². The van der Waals surface area contributed by atoms with E-state index >= 15 is 0 Å². The molecule has 1 amide bonds. The quantitative estimate of drug-likeness (QED) is 0.867. The fourth-order valence-electron chi connectivity index (χ4n) is 2.48. The number of hydrogen-bond donors (Lipinski definition) is 1. The average Bonchev–Trinajstić information content (AvgIpc) is 2.62. The molecule has 0 radical (unpaired) electrons. The highest BCUT2D eigenvalue weighted by Crippen LogP contribution is 2.19. The lowest BCUT2D eigenvalue weighted by molar-refractivity contribution is 0.0599. The van der Waals surface area contributed by atoms with Gasteiger partial charge in [-0.15, -0.1) is 0 Å². The summed E-state index contributed by atoms with van der Waals surface area (Å²) in [6, 6.07) is 3.52. The van der Waals surface area contributed by atoms with E-state index in [1.165, 1.54) is 0 Å². The van der Waals surface area contributed by atoms with Crippen LogP contribution >= 0.6 is 0 Å². The van der Waals surface area contributed by atoms with Gasteiger partial charge in [0.05, 0.1) is 12.6 Å². The maximum Gasteiger partial charge on any atom is 0.254 e. The van der Waals surface area contributed by atoms with Gasteiger partial charge in [0.15, 0.2) is 0 Å². The smallest absolute Gasteiger partial charge is 0.254 e. The van der Waals surface area contributed by atoms with Crippen LogP contribution in [-0.4, -0.2) is 40.1 Å². The Bertz CT molecular complexity index is 420. The first-order chi connectivity index (χ1) is 8.72. The van der Waals surface area contributed by atoms with Crippen molar-refractivity contribution >= 4 is 5.91 Å². The van der Waals surface area contributed by atoms with Gasteiger partial charge in [-0.25, -0.2) is 0 Å². The molecule has 2 heterocycles. The summed E-state index contributed by atoms with van der Waals surface area (Å²) in [7, 11) is 0. The van der Waals surface area contributed by atoms with Crippen LogP contribution in [-0.2, 0) is 0 Å². The first-order valence-electron chi connectivity index (χ1n) is 6.57. The summed E-state index contributed by atoms with van der Waals surface area (Å²) in [6.07, 6.45) is 5.80. The summed E-state index contributed by atoms with van der Waals surface area (Å²) < 4.78 is 0. The Morgan fingerprint density at radius 1 is 1.50 bits per heavy atom. The van der Waals surface area contributed by atoms with Gasteiger partial charge in [0.1, 0.15) is 0 Å². The van der Waals surface area contributed by atoms with Crippen LogP contribution < -0.4 is 0 Å². The summed E-state index contributed by atoms with van der Waals surface area (Å²) >= 11 is 0. The SMILES string of the molecule is Cc1cc(C(=O)N2CCCCCC2CO)ccn1. The lowest BCUT2D eigenvalue weighted by Gasteiger charge is -2.28. The molecule has 1 unspecified atom stereocenters. The first-order valence-corrected chi connectivity index (χ1v) is 6.57. The van der Waals surface area contributed by atoms with E-state index in [-0.39, 0.29) is 18.6 Å². The molecule has 4 nitrogen and oxygen atoms in total. The van der Waals surface area contributed by atoms with Gasteiger partial charge < -0.3 is 10.0 Å². The monoisotopic (exact) mass is 248 g/mol. The second-order valence-electron chi connectivity index (χ2n) is 4.87. The van der Waals surface area contributed by atoms with E-state index in [0.717, 1.165) is 37.9 Å². The molecule has 0 aromatic carbocycles. The van der Waals surface area contributed by atoms with E-state index in [0.29, 0.717) is 5.56 Å². The van der Waals surface area contributed by atoms with Crippen LogP contribution in [0.4, 0.5) is 0 Å². The second-order valence-corrected chi connectivity index (χ2v) is 4.87. The van der Waals surface area contributed by atoms with Crippen molar-refractivity contribution in [2.45, 2.75) is 38.6 Å². The van der Waals surface area contributed by atoms with Crippen LogP contribution in [0, 0.1) is 6.92 Å². The van der Waals surface area contributed by atoms with Gasteiger partial charge >= 0.3 is 0 Å². The molecule has 1 saturated heterocycles. The molecule has 2 rings (SSSR count). The van der Waals surface area contributed by atoms with E-state index in [4.69, 9.17) is 0 Å². The molecule has 1 aromatic rings. The summed E-state index contributed by atoms with van der Waals surface area (Å²) in [5.41, 5.74) is 1.51. The zero-order chi connectivity index (χ0) is 13.0. The van der Waals surface area contributed by atoms with Crippen molar-refractivity contribution < 1.29 is 9.90 Å². The van der Waals surface area contributed by atoms with Crippen molar-refractivity contribution in [3.8, 4) is 0 Å². The Balaban J connectivity index is 2.19. The maximum absolute atomic E-state index is 12.5. The number of amides is 1. The fourth-order valence-corrected chi connectivity index (χ4v) is 2.48. The summed E-state index contributed by atoms with van der Waals surface area (Å²) in [5.74, 6) is 0.0152. The highest BCUT2D eigenvalue weighted by atomic mass is 16.3. The molecule has 0 spiro atoms. The minimum absolute atomic E-state index is 0.0152. The molecule has 1 N–H and O–H groups in total. The Hall–Kier alpha value is -1.42. The van der Waals surface area contributed by atoms with Crippen molar-refractivity contribution in [3.63, 3.8) is 0 Å². The van der Waals surface area contributed by atoms with Gasteiger partial charge in [-0.05, 0) is 31.9 Å². The molecule has 1 aliphatic rings. The second kappa shape index (κ2) is 5.96. The zero-order valence-electron chi connectivity index (χ0n) is 10.8. The molecule has 1 aliphatic heterocycles. The van der Waals surface area contributed by atoms with Crippen LogP contribution in [0.25, 0.3) is 0 Å². The molecule has 0 saturated carbocycles. The fraction of sp³-hybridized carbons (Fsp3) is 0.571. The standard InChI is InChI=1S/C14H20N2O2/c1-11-9-12(6-7-15-11)14(18)16-8-4-2-3-5-13(16)10-17/h6-7,9,13,17H,2-5,8,10H2,1H3. The number of aryl methyl sites for hydroxylation is 1. The Labute approximate surface area is 108 Å². The number of carbonyl (C=O) groups is 1. The molecule has 0 aliphatic carbocycles. The predicted molar refractivity (Wildman–Crippen MR) is 69.4 cm³/mol. The van der Waals surface area contributed by atoms with E-state index < -0.39 is 0 Å². The Morgan fingerprint density at radius 2 is 2.33 bits per heavy atom. The number of likely N-dealkylation sites (tertiary alicyclic amines) is 1. The third kappa shape index (κ3) is 2.88. The van der Waals surface area contributed by atoms with Gasteiger partial charge in [0.2, 0.25) is 0 Å². The van der Waals surface area contributed by atoms with Crippen LogP contribution in [0.2, 0.25) is 0 Å². The Morgan fingerprint density at radius 3 is 3.06 bits per heavy atom. The minimum Gasteiger partial charge on any atom is -0.394 e. The van der Waals surface area contributed by atoms with Crippen LogP contribution in [0.5, 0.6) is 0 Å². The zero-order valence-corrected chi connectivity index (χ0v) is 10.8. The Kier molecular flexibility index (Phi) is 4.31. The van der Waals surface area contributed by atoms with E-state index in [9.17, 15) is 9.90 Å². The summed E-state index contributed by atoms with van der Waals surface area (Å²) in [4.78, 5) is 18.4. The van der Waals surface area contributed by atoms with E-state index in [2.05, 4.69) is 4.98 Å². The number of aliphatic hydroxyl groups excluding tert-OH is 1. The number of pyridine rings is 1. The van der Waals surface area contributed by atoms with Gasteiger partial charge in [0, 0.05) is 24.0 Å². The molecule has 0 bridgehead atoms. The van der Waals surface area contributed by atoms with Crippen molar-refractivity contribution in [2.24, 2.45) is 0 Å². The number of aromatic nitrogens is 1. The van der Waals surface area contributed by atoms with E-state index in [1.807, 2.05) is 17.9 Å². The first kappa shape index (κ1) is 13.0. The molecule has 1 aromatic heterocycles. The lowest BCUT2D eigenvalue weighted by atomic mass is 10.1. The van der Waals surface area contributed by atoms with Crippen molar-refractivity contribution in [1.29, 1.82) is 0 Å². The van der Waals surface area contributed by atoms with Crippen LogP contribution in [0.15, 0.2) is 18.3 Å². The number of carbonyl (C=O) groups excluding carboxylic acids is 1. The largest absolute Gasteiger partial charge is 0.394 e. The third-order valence-electron chi connectivity index (χ3n) is 3.49. The average molecular weight is 248 g/mol. The van der Waals surface area contributed by atoms with Gasteiger partial charge in [-0.1, -0.05) is 12.8 Å². The van der Waals surface area contributed by atoms with Gasteiger partial charge in [0.25, 0.3) is 5.91 Å².